The Kier molecular flexibility index (Phi) is 9.39. The van der Waals surface area contributed by atoms with Gasteiger partial charge in [-0.2, -0.15) is 0 Å². The van der Waals surface area contributed by atoms with Gasteiger partial charge in [-0.25, -0.2) is 4.39 Å². The predicted molar refractivity (Wildman–Crippen MR) is 164 cm³/mol. The number of furan rings is 1. The lowest BCUT2D eigenvalue weighted by atomic mass is 9.87. The van der Waals surface area contributed by atoms with E-state index in [1.807, 2.05) is 0 Å². The minimum Gasteiger partial charge on any atom is -0.481 e. The molecule has 2 amide bonds. The quantitative estimate of drug-likeness (QED) is 0.298. The van der Waals surface area contributed by atoms with Crippen molar-refractivity contribution in [2.45, 2.75) is 56.7 Å². The van der Waals surface area contributed by atoms with E-state index in [0.717, 1.165) is 6.07 Å². The second-order valence-electron chi connectivity index (χ2n) is 12.4. The van der Waals surface area contributed by atoms with Crippen LogP contribution in [0.4, 0.5) is 14.5 Å². The van der Waals surface area contributed by atoms with Crippen LogP contribution in [0.1, 0.15) is 48.0 Å². The SMILES string of the molecule is O=C(Nc1cc(F)c(CC(=O)N2C[C@@H](N3CC(CF)C3)C[C@H]2COC2CCC(C(=O)O)CC2)cc1Cl)c1coc2ccccc12. The number of amides is 2. The zero-order valence-corrected chi connectivity index (χ0v) is 25.5. The van der Waals surface area contributed by atoms with Crippen molar-refractivity contribution in [2.24, 2.45) is 11.8 Å². The molecule has 2 aromatic carbocycles. The molecular formula is C33H36ClF2N3O6. The number of nitrogens with zero attached hydrogens (tertiary/aromatic N) is 2. The van der Waals surface area contributed by atoms with Crippen molar-refractivity contribution in [1.82, 2.24) is 9.80 Å². The molecule has 3 fully saturated rings. The number of rotatable bonds is 10. The Morgan fingerprint density at radius 3 is 2.58 bits per heavy atom. The van der Waals surface area contributed by atoms with Gasteiger partial charge in [-0.05, 0) is 55.9 Å². The highest BCUT2D eigenvalue weighted by Crippen LogP contribution is 2.33. The number of anilines is 1. The fourth-order valence-corrected chi connectivity index (χ4v) is 7.01. The second-order valence-corrected chi connectivity index (χ2v) is 12.8. The first-order valence-electron chi connectivity index (χ1n) is 15.4. The molecule has 1 saturated carbocycles. The molecular weight excluding hydrogens is 608 g/mol. The molecule has 2 saturated heterocycles. The van der Waals surface area contributed by atoms with Gasteiger partial charge in [0.25, 0.3) is 5.91 Å². The van der Waals surface area contributed by atoms with Crippen molar-refractivity contribution < 1.29 is 37.4 Å². The van der Waals surface area contributed by atoms with Crippen molar-refractivity contribution in [3.63, 3.8) is 0 Å². The normalized spacial score (nSPS) is 24.1. The first-order chi connectivity index (χ1) is 21.7. The summed E-state index contributed by atoms with van der Waals surface area (Å²) < 4.78 is 40.1. The number of nitrogens with one attached hydrogen (secondary N) is 1. The number of alkyl halides is 1. The number of hydrogen-bond donors (Lipinski definition) is 2. The van der Waals surface area contributed by atoms with Crippen LogP contribution in [0.2, 0.25) is 5.02 Å². The molecule has 2 N–H and O–H groups in total. The molecule has 3 aromatic rings. The Morgan fingerprint density at radius 2 is 1.84 bits per heavy atom. The summed E-state index contributed by atoms with van der Waals surface area (Å²) in [6, 6.07) is 9.34. The van der Waals surface area contributed by atoms with Gasteiger partial charge in [0.15, 0.2) is 0 Å². The van der Waals surface area contributed by atoms with Gasteiger partial charge in [0.2, 0.25) is 5.91 Å². The molecule has 12 heteroatoms. The minimum absolute atomic E-state index is 0.0105. The van der Waals surface area contributed by atoms with E-state index in [1.165, 1.54) is 12.3 Å². The fraction of sp³-hybridized carbons (Fsp3) is 0.485. The van der Waals surface area contributed by atoms with Crippen LogP contribution in [0, 0.1) is 17.7 Å². The van der Waals surface area contributed by atoms with Crippen molar-refractivity contribution in [2.75, 3.05) is 38.2 Å². The van der Waals surface area contributed by atoms with Crippen LogP contribution in [0.25, 0.3) is 11.0 Å². The fourth-order valence-electron chi connectivity index (χ4n) is 6.78. The third kappa shape index (κ3) is 6.85. The standard InChI is InChI=1S/C33H36ClF2N3O6/c34-27-9-21(28(36)12-29(27)37-32(41)26-18-45-30-4-2-1-3-25(26)30)10-31(40)39-16-22(38-14-19(13-35)15-38)11-23(39)17-44-24-7-5-20(6-8-24)33(42)43/h1-4,9,12,18-20,22-24H,5-8,10-11,13-17H2,(H,37,41)(H,42,43)/t20?,22-,23-,24?/m0/s1. The van der Waals surface area contributed by atoms with Crippen LogP contribution in [-0.4, -0.2) is 83.8 Å². The molecule has 3 heterocycles. The van der Waals surface area contributed by atoms with E-state index in [2.05, 4.69) is 10.2 Å². The van der Waals surface area contributed by atoms with Gasteiger partial charge in [0.1, 0.15) is 17.7 Å². The van der Waals surface area contributed by atoms with Crippen LogP contribution in [0.15, 0.2) is 47.1 Å². The summed E-state index contributed by atoms with van der Waals surface area (Å²) >= 11 is 6.46. The van der Waals surface area contributed by atoms with Crippen molar-refractivity contribution in [1.29, 1.82) is 0 Å². The maximum absolute atomic E-state index is 15.3. The predicted octanol–water partition coefficient (Wildman–Crippen LogP) is 5.55. The molecule has 6 rings (SSSR count). The molecule has 0 unspecified atom stereocenters. The van der Waals surface area contributed by atoms with Gasteiger partial charge >= 0.3 is 5.97 Å². The number of ether oxygens (including phenoxy) is 1. The second kappa shape index (κ2) is 13.4. The summed E-state index contributed by atoms with van der Waals surface area (Å²) in [6.45, 7) is 1.64. The topological polar surface area (TPSA) is 112 Å². The summed E-state index contributed by atoms with van der Waals surface area (Å²) in [5.41, 5.74) is 1.01. The van der Waals surface area contributed by atoms with Gasteiger partial charge in [-0.1, -0.05) is 29.8 Å². The number of para-hydroxylation sites is 1. The Morgan fingerprint density at radius 1 is 1.09 bits per heavy atom. The van der Waals surface area contributed by atoms with Crippen LogP contribution in [-0.2, 0) is 20.7 Å². The number of carbonyl (C=O) groups excluding carboxylic acids is 2. The number of benzene rings is 2. The number of hydrogen-bond acceptors (Lipinski definition) is 6. The van der Waals surface area contributed by atoms with E-state index in [1.54, 1.807) is 29.2 Å². The lowest BCUT2D eigenvalue weighted by Crippen LogP contribution is -2.53. The monoisotopic (exact) mass is 643 g/mol. The summed E-state index contributed by atoms with van der Waals surface area (Å²) in [5, 5.41) is 12.6. The molecule has 3 aliphatic rings. The number of likely N-dealkylation sites (tertiary alicyclic amines) is 2. The summed E-state index contributed by atoms with van der Waals surface area (Å²) in [5.74, 6) is -2.57. The highest BCUT2D eigenvalue weighted by Gasteiger charge is 2.42. The molecule has 1 aliphatic carbocycles. The number of halogens is 3. The molecule has 2 aliphatic heterocycles. The number of carbonyl (C=O) groups is 3. The van der Waals surface area contributed by atoms with E-state index in [4.69, 9.17) is 20.8 Å². The average Bonchev–Trinajstić information content (AvgIpc) is 3.63. The largest absolute Gasteiger partial charge is 0.481 e. The zero-order valence-electron chi connectivity index (χ0n) is 24.7. The summed E-state index contributed by atoms with van der Waals surface area (Å²) in [7, 11) is 0. The van der Waals surface area contributed by atoms with E-state index in [0.29, 0.717) is 69.3 Å². The number of carboxylic acids is 1. The Labute approximate surface area is 264 Å². The first kappa shape index (κ1) is 31.4. The third-order valence-electron chi connectivity index (χ3n) is 9.43. The lowest BCUT2D eigenvalue weighted by Gasteiger charge is -2.41. The Balaban J connectivity index is 1.11. The molecule has 9 nitrogen and oxygen atoms in total. The maximum Gasteiger partial charge on any atom is 0.306 e. The third-order valence-corrected chi connectivity index (χ3v) is 9.74. The van der Waals surface area contributed by atoms with Gasteiger partial charge in [-0.15, -0.1) is 0 Å². The molecule has 0 radical (unpaired) electrons. The highest BCUT2D eigenvalue weighted by atomic mass is 35.5. The zero-order chi connectivity index (χ0) is 31.7. The van der Waals surface area contributed by atoms with Crippen molar-refractivity contribution in [3.05, 3.63) is 64.6 Å². The molecule has 0 spiro atoms. The number of aliphatic carboxylic acids is 1. The Hall–Kier alpha value is -3.54. The molecule has 45 heavy (non-hydrogen) atoms. The van der Waals surface area contributed by atoms with Crippen LogP contribution in [0.3, 0.4) is 0 Å². The molecule has 0 bridgehead atoms. The van der Waals surface area contributed by atoms with Gasteiger partial charge in [0.05, 0.1) is 54.0 Å². The van der Waals surface area contributed by atoms with Crippen LogP contribution in [0.5, 0.6) is 0 Å². The first-order valence-corrected chi connectivity index (χ1v) is 15.8. The van der Waals surface area contributed by atoms with Gasteiger partial charge < -0.3 is 24.5 Å². The van der Waals surface area contributed by atoms with E-state index in [9.17, 15) is 23.9 Å². The van der Waals surface area contributed by atoms with Crippen LogP contribution < -0.4 is 5.32 Å². The molecule has 240 valence electrons. The molecule has 1 aromatic heterocycles. The highest BCUT2D eigenvalue weighted by molar-refractivity contribution is 6.34. The number of carboxylic acid groups (broad SMARTS) is 1. The summed E-state index contributed by atoms with van der Waals surface area (Å²) in [4.78, 5) is 41.8. The Bertz CT molecular complexity index is 1570. The van der Waals surface area contributed by atoms with Gasteiger partial charge in [-0.3, -0.25) is 23.7 Å². The van der Waals surface area contributed by atoms with E-state index < -0.39 is 17.7 Å². The maximum atomic E-state index is 15.3. The smallest absolute Gasteiger partial charge is 0.306 e. The van der Waals surface area contributed by atoms with Crippen LogP contribution >= 0.6 is 11.6 Å². The minimum atomic E-state index is -0.778. The number of fused-ring (bicyclic) bond motifs is 1. The molecule has 2 atom stereocenters. The average molecular weight is 644 g/mol. The van der Waals surface area contributed by atoms with Gasteiger partial charge in [0, 0.05) is 37.0 Å². The lowest BCUT2D eigenvalue weighted by molar-refractivity contribution is -0.144. The summed E-state index contributed by atoms with van der Waals surface area (Å²) in [6.07, 6.45) is 4.10. The van der Waals surface area contributed by atoms with Crippen molar-refractivity contribution in [3.8, 4) is 0 Å². The van der Waals surface area contributed by atoms with Crippen molar-refractivity contribution >= 4 is 46.0 Å². The van der Waals surface area contributed by atoms with E-state index >= 15 is 4.39 Å². The van der Waals surface area contributed by atoms with E-state index in [-0.39, 0.29) is 70.9 Å².